The number of hydrogen-bond donors (Lipinski definition) is 2. The first kappa shape index (κ1) is 19.2. The Bertz CT molecular complexity index is 1020. The van der Waals surface area contributed by atoms with Crippen molar-refractivity contribution in [2.45, 2.75) is 51.6 Å². The highest BCUT2D eigenvalue weighted by Crippen LogP contribution is 2.49. The number of phenols is 1. The number of phenolic OH excluding ortho intramolecular Hbond substituents is 1. The molecule has 2 aromatic rings. The molecule has 2 atom stereocenters. The van der Waals surface area contributed by atoms with Crippen LogP contribution in [0, 0.1) is 0 Å². The van der Waals surface area contributed by atoms with E-state index in [1.807, 2.05) is 43.0 Å². The second kappa shape index (κ2) is 7.47. The molecular weight excluding hydrogens is 376 g/mol. The molecule has 0 radical (unpaired) electrons. The molecule has 0 spiro atoms. The van der Waals surface area contributed by atoms with Crippen LogP contribution in [0.4, 0.5) is 0 Å². The minimum Gasteiger partial charge on any atom is -0.508 e. The smallest absolute Gasteiger partial charge is 0.253 e. The van der Waals surface area contributed by atoms with Crippen molar-refractivity contribution in [3.63, 3.8) is 0 Å². The van der Waals surface area contributed by atoms with Crippen LogP contribution in [0.15, 0.2) is 42.0 Å². The van der Waals surface area contributed by atoms with Gasteiger partial charge < -0.3 is 20.1 Å². The zero-order chi connectivity index (χ0) is 20.8. The third kappa shape index (κ3) is 3.18. The summed E-state index contributed by atoms with van der Waals surface area (Å²) in [6, 6.07) is 12.3. The molecule has 1 amide bonds. The molecule has 2 unspecified atom stereocenters. The van der Waals surface area contributed by atoms with Gasteiger partial charge in [0.15, 0.2) is 0 Å². The maximum atomic E-state index is 12.9. The summed E-state index contributed by atoms with van der Waals surface area (Å²) in [6.07, 6.45) is 4.52. The van der Waals surface area contributed by atoms with Crippen molar-refractivity contribution < 1.29 is 14.6 Å². The number of carbonyl (C=O) groups is 1. The molecule has 3 aliphatic heterocycles. The van der Waals surface area contributed by atoms with Gasteiger partial charge in [0.25, 0.3) is 5.91 Å². The van der Waals surface area contributed by atoms with Crippen LogP contribution in [0.1, 0.15) is 61.0 Å². The maximum Gasteiger partial charge on any atom is 0.253 e. The van der Waals surface area contributed by atoms with Crippen LogP contribution < -0.4 is 10.1 Å². The highest BCUT2D eigenvalue weighted by Gasteiger charge is 2.34. The molecule has 0 aliphatic carbocycles. The van der Waals surface area contributed by atoms with Gasteiger partial charge in [0.2, 0.25) is 0 Å². The van der Waals surface area contributed by atoms with Crippen molar-refractivity contribution in [2.75, 3.05) is 13.1 Å². The van der Waals surface area contributed by atoms with Crippen LogP contribution in [0.5, 0.6) is 17.2 Å². The van der Waals surface area contributed by atoms with Gasteiger partial charge in [-0.2, -0.15) is 0 Å². The fourth-order valence-electron chi connectivity index (χ4n) is 5.19. The lowest BCUT2D eigenvalue weighted by Crippen LogP contribution is -2.35. The minimum absolute atomic E-state index is 0.0159. The van der Waals surface area contributed by atoms with Gasteiger partial charge in [-0.3, -0.25) is 4.79 Å². The van der Waals surface area contributed by atoms with Crippen molar-refractivity contribution in [1.82, 2.24) is 10.2 Å². The normalized spacial score (nSPS) is 21.7. The number of aromatic hydroxyl groups is 1. The summed E-state index contributed by atoms with van der Waals surface area (Å²) < 4.78 is 6.21. The number of carbonyl (C=O) groups excluding carboxylic acids is 1. The Morgan fingerprint density at radius 1 is 1.03 bits per heavy atom. The molecule has 2 saturated heterocycles. The number of nitrogens with one attached hydrogen (secondary N) is 1. The molecule has 2 aromatic carbocycles. The van der Waals surface area contributed by atoms with Gasteiger partial charge in [-0.15, -0.1) is 0 Å². The van der Waals surface area contributed by atoms with Crippen molar-refractivity contribution in [2.24, 2.45) is 0 Å². The molecule has 5 heteroatoms. The van der Waals surface area contributed by atoms with Gasteiger partial charge in [-0.05, 0) is 75.4 Å². The predicted molar refractivity (Wildman–Crippen MR) is 117 cm³/mol. The third-order valence-corrected chi connectivity index (χ3v) is 6.68. The van der Waals surface area contributed by atoms with E-state index in [0.29, 0.717) is 42.2 Å². The molecule has 156 valence electrons. The monoisotopic (exact) mass is 404 g/mol. The van der Waals surface area contributed by atoms with E-state index in [0.717, 1.165) is 24.0 Å². The summed E-state index contributed by atoms with van der Waals surface area (Å²) >= 11 is 0. The van der Waals surface area contributed by atoms with Crippen molar-refractivity contribution in [1.29, 1.82) is 0 Å². The number of nitrogens with zero attached hydrogens (tertiary/aromatic N) is 1. The summed E-state index contributed by atoms with van der Waals surface area (Å²) in [6.45, 7) is 5.33. The van der Waals surface area contributed by atoms with Crippen LogP contribution in [0.25, 0.3) is 5.57 Å². The zero-order valence-corrected chi connectivity index (χ0v) is 17.6. The van der Waals surface area contributed by atoms with Crippen LogP contribution in [0.2, 0.25) is 0 Å². The third-order valence-electron chi connectivity index (χ3n) is 6.68. The van der Waals surface area contributed by atoms with Gasteiger partial charge in [-0.25, -0.2) is 0 Å². The molecule has 2 fully saturated rings. The van der Waals surface area contributed by atoms with Gasteiger partial charge in [0, 0.05) is 47.9 Å². The average molecular weight is 405 g/mol. The van der Waals surface area contributed by atoms with Crippen LogP contribution in [-0.4, -0.2) is 41.1 Å². The minimum atomic E-state index is 0.0159. The highest BCUT2D eigenvalue weighted by atomic mass is 16.5. The molecule has 30 heavy (non-hydrogen) atoms. The van der Waals surface area contributed by atoms with Crippen molar-refractivity contribution in [3.05, 3.63) is 58.7 Å². The fourth-order valence-corrected chi connectivity index (χ4v) is 5.19. The first-order chi connectivity index (χ1) is 14.6. The fraction of sp³-hybridized carbons (Fsp3) is 0.400. The summed E-state index contributed by atoms with van der Waals surface area (Å²) in [5.41, 5.74) is 5.36. The lowest BCUT2D eigenvalue weighted by Gasteiger charge is -2.31. The van der Waals surface area contributed by atoms with E-state index in [1.54, 1.807) is 12.1 Å². The Kier molecular flexibility index (Phi) is 4.78. The SMILES string of the molecule is CCN(CC)C(=O)c1ccc2c(c1)Oc1cc(O)ccc1C2=C1CC2CCC(C1)N2. The number of fused-ring (bicyclic) bond motifs is 4. The summed E-state index contributed by atoms with van der Waals surface area (Å²) in [4.78, 5) is 14.7. The van der Waals surface area contributed by atoms with Crippen LogP contribution >= 0.6 is 0 Å². The largest absolute Gasteiger partial charge is 0.508 e. The lowest BCUT2D eigenvalue weighted by molar-refractivity contribution is 0.0772. The Hall–Kier alpha value is -2.79. The van der Waals surface area contributed by atoms with Gasteiger partial charge in [0.05, 0.1) is 0 Å². The highest BCUT2D eigenvalue weighted by molar-refractivity contribution is 5.97. The quantitative estimate of drug-likeness (QED) is 0.664. The van der Waals surface area contributed by atoms with Crippen molar-refractivity contribution in [3.8, 4) is 17.2 Å². The standard InChI is InChI=1S/C25H28N2O3/c1-3-27(4-2)25(29)15-5-9-20-22(13-15)30-23-14-19(28)8-10-21(23)24(20)16-11-17-6-7-18(12-16)26-17/h5,8-10,13-14,17-18,26,28H,3-4,6-7,11-12H2,1-2H3. The second-order valence-corrected chi connectivity index (χ2v) is 8.50. The van der Waals surface area contributed by atoms with E-state index in [-0.39, 0.29) is 11.7 Å². The Labute approximate surface area is 177 Å². The number of benzene rings is 2. The Morgan fingerprint density at radius 2 is 1.67 bits per heavy atom. The van der Waals surface area contributed by atoms with Crippen LogP contribution in [0.3, 0.4) is 0 Å². The van der Waals surface area contributed by atoms with E-state index in [4.69, 9.17) is 4.74 Å². The van der Waals surface area contributed by atoms with E-state index < -0.39 is 0 Å². The Morgan fingerprint density at radius 3 is 2.33 bits per heavy atom. The van der Waals surface area contributed by atoms with E-state index in [2.05, 4.69) is 5.32 Å². The summed E-state index contributed by atoms with van der Waals surface area (Å²) in [7, 11) is 0. The number of hydrogen-bond acceptors (Lipinski definition) is 4. The van der Waals surface area contributed by atoms with Crippen LogP contribution in [-0.2, 0) is 0 Å². The number of rotatable bonds is 3. The Balaban J connectivity index is 1.63. The number of ether oxygens (including phenoxy) is 1. The molecule has 5 rings (SSSR count). The molecular formula is C25H28N2O3. The van der Waals surface area contributed by atoms with Crippen molar-refractivity contribution >= 4 is 11.5 Å². The molecule has 2 bridgehead atoms. The number of amides is 1. The topological polar surface area (TPSA) is 61.8 Å². The molecule has 3 heterocycles. The average Bonchev–Trinajstić information content (AvgIpc) is 3.09. The second-order valence-electron chi connectivity index (χ2n) is 8.50. The van der Waals surface area contributed by atoms with Gasteiger partial charge in [-0.1, -0.05) is 5.57 Å². The summed E-state index contributed by atoms with van der Waals surface area (Å²) in [5.74, 6) is 1.55. The lowest BCUT2D eigenvalue weighted by atomic mass is 9.84. The maximum absolute atomic E-state index is 12.9. The number of piperidine rings is 1. The molecule has 5 nitrogen and oxygen atoms in total. The van der Waals surface area contributed by atoms with Gasteiger partial charge in [0.1, 0.15) is 17.2 Å². The molecule has 2 N–H and O–H groups in total. The zero-order valence-electron chi connectivity index (χ0n) is 17.6. The van der Waals surface area contributed by atoms with E-state index in [9.17, 15) is 9.90 Å². The first-order valence-electron chi connectivity index (χ1n) is 11.0. The van der Waals surface area contributed by atoms with Gasteiger partial charge >= 0.3 is 0 Å². The molecule has 0 saturated carbocycles. The predicted octanol–water partition coefficient (Wildman–Crippen LogP) is 4.70. The van der Waals surface area contributed by atoms with E-state index >= 15 is 0 Å². The molecule has 0 aromatic heterocycles. The first-order valence-corrected chi connectivity index (χ1v) is 11.0. The summed E-state index contributed by atoms with van der Waals surface area (Å²) in [5, 5.41) is 13.7. The van der Waals surface area contributed by atoms with E-state index in [1.165, 1.54) is 24.0 Å². The molecule has 3 aliphatic rings.